The van der Waals surface area contributed by atoms with E-state index in [4.69, 9.17) is 15.6 Å². The van der Waals surface area contributed by atoms with Gasteiger partial charge in [0.2, 0.25) is 0 Å². The summed E-state index contributed by atoms with van der Waals surface area (Å²) >= 11 is 2.09. The van der Waals surface area contributed by atoms with Crippen LogP contribution in [0.2, 0.25) is 0 Å². The number of aliphatic hydroxyl groups excluding tert-OH is 3. The Balaban J connectivity index is 2.10. The number of nitrogens with zero attached hydrogens (tertiary/aromatic N) is 3. The van der Waals surface area contributed by atoms with E-state index in [2.05, 4.69) is 32.6 Å². The molecule has 20 heavy (non-hydrogen) atoms. The minimum atomic E-state index is -1.16. The van der Waals surface area contributed by atoms with Gasteiger partial charge in [-0.2, -0.15) is 0 Å². The lowest BCUT2D eigenvalue weighted by Gasteiger charge is -2.17. The van der Waals surface area contributed by atoms with Crippen LogP contribution in [-0.4, -0.2) is 54.8 Å². The first-order valence-corrected chi connectivity index (χ1v) is 7.01. The van der Waals surface area contributed by atoms with Crippen molar-refractivity contribution in [2.45, 2.75) is 24.5 Å². The van der Waals surface area contributed by atoms with Gasteiger partial charge < -0.3 is 30.4 Å². The molecule has 2 aromatic heterocycles. The van der Waals surface area contributed by atoms with Gasteiger partial charge in [0.15, 0.2) is 6.23 Å². The lowest BCUT2D eigenvalue weighted by molar-refractivity contribution is -0.0509. The van der Waals surface area contributed by atoms with Crippen LogP contribution in [0.4, 0.5) is 5.82 Å². The molecular weight excluding hydrogens is 379 g/mol. The molecule has 2 aromatic rings. The predicted octanol–water partition coefficient (Wildman–Crippen LogP) is -0.770. The van der Waals surface area contributed by atoms with Gasteiger partial charge in [0.1, 0.15) is 36.1 Å². The van der Waals surface area contributed by atoms with Crippen LogP contribution in [0.15, 0.2) is 12.5 Å². The number of aliphatic hydroxyl groups is 3. The van der Waals surface area contributed by atoms with Crippen molar-refractivity contribution in [2.24, 2.45) is 0 Å². The topological polar surface area (TPSA) is 127 Å². The van der Waals surface area contributed by atoms with Gasteiger partial charge in [0, 0.05) is 9.77 Å². The lowest BCUT2D eigenvalue weighted by Crippen LogP contribution is -2.33. The number of nitrogen functional groups attached to an aromatic ring is 1. The Bertz CT molecular complexity index is 649. The van der Waals surface area contributed by atoms with Gasteiger partial charge in [-0.3, -0.25) is 0 Å². The summed E-state index contributed by atoms with van der Waals surface area (Å²) in [6, 6.07) is 0. The standard InChI is InChI=1S/C11H13IN4O4/c12-4-1-16(10-6(4)9(13)14-3-15-10)11-8(19)7(18)5(2-17)20-11/h1,3,5,7-8,11,17-19H,2H2,(H2,13,14,15)/t5-,7?,8?,11?/m1/s1. The number of aromatic nitrogens is 3. The maximum absolute atomic E-state index is 10.1. The molecule has 0 saturated carbocycles. The van der Waals surface area contributed by atoms with E-state index in [-0.39, 0.29) is 6.61 Å². The average molecular weight is 392 g/mol. The minimum Gasteiger partial charge on any atom is -0.394 e. The highest BCUT2D eigenvalue weighted by Crippen LogP contribution is 2.34. The Morgan fingerprint density at radius 1 is 1.35 bits per heavy atom. The van der Waals surface area contributed by atoms with Crippen LogP contribution in [0.3, 0.4) is 0 Å². The molecule has 4 atom stereocenters. The second kappa shape index (κ2) is 5.07. The van der Waals surface area contributed by atoms with Gasteiger partial charge in [-0.15, -0.1) is 0 Å². The highest BCUT2D eigenvalue weighted by molar-refractivity contribution is 14.1. The molecule has 1 aliphatic rings. The molecular formula is C11H13IN4O4. The maximum Gasteiger partial charge on any atom is 0.164 e. The fraction of sp³-hybridized carbons (Fsp3) is 0.455. The minimum absolute atomic E-state index is 0.338. The van der Waals surface area contributed by atoms with E-state index in [0.717, 1.165) is 3.57 Å². The third kappa shape index (κ3) is 1.97. The van der Waals surface area contributed by atoms with Gasteiger partial charge in [-0.05, 0) is 22.6 Å². The Morgan fingerprint density at radius 2 is 2.10 bits per heavy atom. The molecule has 8 nitrogen and oxygen atoms in total. The van der Waals surface area contributed by atoms with Gasteiger partial charge in [0.05, 0.1) is 12.0 Å². The van der Waals surface area contributed by atoms with Crippen molar-refractivity contribution in [3.8, 4) is 0 Å². The van der Waals surface area contributed by atoms with Crippen molar-refractivity contribution in [2.75, 3.05) is 12.3 Å². The Morgan fingerprint density at radius 3 is 2.75 bits per heavy atom. The first-order chi connectivity index (χ1) is 9.54. The number of rotatable bonds is 2. The molecule has 0 aromatic carbocycles. The summed E-state index contributed by atoms with van der Waals surface area (Å²) in [6.45, 7) is -0.373. The molecule has 108 valence electrons. The summed E-state index contributed by atoms with van der Waals surface area (Å²) in [4.78, 5) is 8.08. The molecule has 9 heteroatoms. The summed E-state index contributed by atoms with van der Waals surface area (Å²) in [7, 11) is 0. The molecule has 0 spiro atoms. The van der Waals surface area contributed by atoms with Crippen LogP contribution in [0.1, 0.15) is 6.23 Å². The predicted molar refractivity (Wildman–Crippen MR) is 77.7 cm³/mol. The van der Waals surface area contributed by atoms with E-state index in [1.54, 1.807) is 10.8 Å². The number of halogens is 1. The normalized spacial score (nSPS) is 30.2. The third-order valence-electron chi connectivity index (χ3n) is 3.38. The van der Waals surface area contributed by atoms with E-state index < -0.39 is 24.5 Å². The van der Waals surface area contributed by atoms with Crippen LogP contribution < -0.4 is 5.73 Å². The maximum atomic E-state index is 10.1. The molecule has 0 aliphatic carbocycles. The van der Waals surface area contributed by atoms with Crippen molar-refractivity contribution in [3.63, 3.8) is 0 Å². The van der Waals surface area contributed by atoms with E-state index in [9.17, 15) is 10.2 Å². The molecule has 3 rings (SSSR count). The second-order valence-corrected chi connectivity index (χ2v) is 5.73. The van der Waals surface area contributed by atoms with Gasteiger partial charge in [0.25, 0.3) is 0 Å². The third-order valence-corrected chi connectivity index (χ3v) is 4.20. The van der Waals surface area contributed by atoms with E-state index >= 15 is 0 Å². The first-order valence-electron chi connectivity index (χ1n) is 5.93. The molecule has 1 aliphatic heterocycles. The monoisotopic (exact) mass is 392 g/mol. The first kappa shape index (κ1) is 13.9. The van der Waals surface area contributed by atoms with E-state index in [1.807, 2.05) is 0 Å². The van der Waals surface area contributed by atoms with Crippen molar-refractivity contribution in [1.29, 1.82) is 0 Å². The molecule has 1 saturated heterocycles. The number of fused-ring (bicyclic) bond motifs is 1. The SMILES string of the molecule is Nc1ncnc2c1c(I)cn2C1O[C@H](CO)C(O)C1O. The molecule has 0 amide bonds. The van der Waals surface area contributed by atoms with Crippen LogP contribution in [0.5, 0.6) is 0 Å². The average Bonchev–Trinajstić information content (AvgIpc) is 2.90. The van der Waals surface area contributed by atoms with Crippen molar-refractivity contribution < 1.29 is 20.1 Å². The Kier molecular flexibility index (Phi) is 3.54. The Labute approximate surface area is 127 Å². The number of nitrogens with two attached hydrogens (primary N) is 1. The fourth-order valence-corrected chi connectivity index (χ4v) is 3.18. The van der Waals surface area contributed by atoms with Crippen LogP contribution in [-0.2, 0) is 4.74 Å². The zero-order valence-corrected chi connectivity index (χ0v) is 12.4. The van der Waals surface area contributed by atoms with Crippen LogP contribution >= 0.6 is 22.6 Å². The summed E-state index contributed by atoms with van der Waals surface area (Å²) in [5, 5.41) is 29.7. The van der Waals surface area contributed by atoms with Crippen LogP contribution in [0, 0.1) is 3.57 Å². The van der Waals surface area contributed by atoms with E-state index in [0.29, 0.717) is 16.9 Å². The molecule has 0 bridgehead atoms. The number of hydrogen-bond donors (Lipinski definition) is 4. The number of hydrogen-bond acceptors (Lipinski definition) is 7. The largest absolute Gasteiger partial charge is 0.394 e. The summed E-state index contributed by atoms with van der Waals surface area (Å²) in [5.41, 5.74) is 6.33. The smallest absolute Gasteiger partial charge is 0.164 e. The molecule has 0 radical (unpaired) electrons. The fourth-order valence-electron chi connectivity index (χ4n) is 2.37. The highest BCUT2D eigenvalue weighted by Gasteiger charge is 2.44. The van der Waals surface area contributed by atoms with E-state index in [1.165, 1.54) is 6.33 Å². The van der Waals surface area contributed by atoms with Gasteiger partial charge >= 0.3 is 0 Å². The molecule has 3 heterocycles. The zero-order valence-electron chi connectivity index (χ0n) is 10.2. The zero-order chi connectivity index (χ0) is 14.4. The van der Waals surface area contributed by atoms with Gasteiger partial charge in [-0.25, -0.2) is 9.97 Å². The summed E-state index contributed by atoms with van der Waals surface area (Å²) < 4.78 is 7.90. The lowest BCUT2D eigenvalue weighted by atomic mass is 10.1. The Hall–Kier alpha value is -1.01. The molecule has 1 fully saturated rings. The number of ether oxygens (including phenoxy) is 1. The van der Waals surface area contributed by atoms with Crippen molar-refractivity contribution in [1.82, 2.24) is 14.5 Å². The van der Waals surface area contributed by atoms with Crippen molar-refractivity contribution >= 4 is 39.4 Å². The second-order valence-electron chi connectivity index (χ2n) is 4.57. The summed E-state index contributed by atoms with van der Waals surface area (Å²) in [6.07, 6.45) is -0.928. The summed E-state index contributed by atoms with van der Waals surface area (Å²) in [5.74, 6) is 0.338. The van der Waals surface area contributed by atoms with Crippen LogP contribution in [0.25, 0.3) is 11.0 Å². The molecule has 3 unspecified atom stereocenters. The molecule has 5 N–H and O–H groups in total. The quantitative estimate of drug-likeness (QED) is 0.495. The highest BCUT2D eigenvalue weighted by atomic mass is 127. The number of anilines is 1. The van der Waals surface area contributed by atoms with Crippen molar-refractivity contribution in [3.05, 3.63) is 16.1 Å². The van der Waals surface area contributed by atoms with Gasteiger partial charge in [-0.1, -0.05) is 0 Å².